The van der Waals surface area contributed by atoms with Gasteiger partial charge in [0.1, 0.15) is 5.75 Å². The van der Waals surface area contributed by atoms with Crippen LogP contribution in [0.5, 0.6) is 5.75 Å². The fourth-order valence-corrected chi connectivity index (χ4v) is 3.71. The highest BCUT2D eigenvalue weighted by Crippen LogP contribution is 2.28. The lowest BCUT2D eigenvalue weighted by Crippen LogP contribution is -2.01. The second-order valence-corrected chi connectivity index (χ2v) is 8.00. The molecule has 1 aliphatic rings. The number of rotatable bonds is 9. The molecule has 1 saturated carbocycles. The van der Waals surface area contributed by atoms with Crippen molar-refractivity contribution in [2.75, 3.05) is 7.11 Å². The van der Waals surface area contributed by atoms with E-state index in [9.17, 15) is 14.7 Å². The third-order valence-electron chi connectivity index (χ3n) is 4.87. The molecule has 0 atom stereocenters. The predicted molar refractivity (Wildman–Crippen MR) is 117 cm³/mol. The zero-order valence-corrected chi connectivity index (χ0v) is 18.7. The van der Waals surface area contributed by atoms with Gasteiger partial charge < -0.3 is 9.84 Å². The first-order valence-electron chi connectivity index (χ1n) is 10.2. The number of aryl methyl sites for hydroxylation is 1. The highest BCUT2D eigenvalue weighted by Gasteiger charge is 2.15. The highest BCUT2D eigenvalue weighted by atomic mass is 79.9. The van der Waals surface area contributed by atoms with Gasteiger partial charge in [-0.2, -0.15) is 0 Å². The molecule has 0 amide bonds. The number of para-hydroxylation sites is 1. The Morgan fingerprint density at radius 1 is 1.18 bits per heavy atom. The van der Waals surface area contributed by atoms with Gasteiger partial charge in [-0.15, -0.1) is 0 Å². The molecular weight excluding hydrogens is 420 g/mol. The minimum Gasteiger partial charge on any atom is -0.508 e. The molecule has 0 unspecified atom stereocenters. The smallest absolute Gasteiger partial charge is 0.305 e. The Labute approximate surface area is 177 Å². The van der Waals surface area contributed by atoms with E-state index in [-0.39, 0.29) is 17.5 Å². The average Bonchev–Trinajstić information content (AvgIpc) is 3.20. The van der Waals surface area contributed by atoms with E-state index in [0.29, 0.717) is 25.2 Å². The molecule has 0 radical (unpaired) electrons. The molecule has 0 heterocycles. The summed E-state index contributed by atoms with van der Waals surface area (Å²) in [4.78, 5) is 22.5. The zero-order valence-electron chi connectivity index (χ0n) is 17.1. The van der Waals surface area contributed by atoms with Crippen LogP contribution in [0.1, 0.15) is 70.3 Å². The van der Waals surface area contributed by atoms with Crippen molar-refractivity contribution < 1.29 is 19.4 Å². The van der Waals surface area contributed by atoms with Crippen LogP contribution in [0, 0.1) is 5.92 Å². The average molecular weight is 453 g/mol. The molecule has 0 aromatic heterocycles. The van der Waals surface area contributed by atoms with Crippen LogP contribution in [0.2, 0.25) is 0 Å². The number of ether oxygens (including phenoxy) is 1. The van der Waals surface area contributed by atoms with Crippen molar-refractivity contribution in [2.24, 2.45) is 5.92 Å². The van der Waals surface area contributed by atoms with Crippen molar-refractivity contribution in [1.29, 1.82) is 0 Å². The van der Waals surface area contributed by atoms with Crippen molar-refractivity contribution in [1.82, 2.24) is 0 Å². The lowest BCUT2D eigenvalue weighted by molar-refractivity contribution is -0.140. The molecular formula is C23H33BrO4. The number of carbonyl (C=O) groups is 2. The summed E-state index contributed by atoms with van der Waals surface area (Å²) in [5.41, 5.74) is 0.771. The summed E-state index contributed by atoms with van der Waals surface area (Å²) in [6.07, 6.45) is 12.2. The van der Waals surface area contributed by atoms with Gasteiger partial charge in [-0.3, -0.25) is 9.59 Å². The van der Waals surface area contributed by atoms with Crippen LogP contribution in [0.4, 0.5) is 0 Å². The Hall–Kier alpha value is -1.62. The van der Waals surface area contributed by atoms with Crippen LogP contribution >= 0.6 is 15.9 Å². The summed E-state index contributed by atoms with van der Waals surface area (Å²) >= 11 is 3.42. The minimum atomic E-state index is -0.261. The van der Waals surface area contributed by atoms with Gasteiger partial charge in [-0.1, -0.05) is 56.9 Å². The molecule has 4 nitrogen and oxygen atoms in total. The monoisotopic (exact) mass is 452 g/mol. The molecule has 28 heavy (non-hydrogen) atoms. The van der Waals surface area contributed by atoms with E-state index >= 15 is 0 Å². The van der Waals surface area contributed by atoms with Gasteiger partial charge in [0, 0.05) is 12.8 Å². The number of unbranched alkanes of at least 4 members (excludes halogenated alkanes) is 2. The number of aromatic hydroxyl groups is 1. The number of allylic oxidation sites excluding steroid dienone is 2. The third-order valence-corrected chi connectivity index (χ3v) is 5.58. The number of phenols is 1. The van der Waals surface area contributed by atoms with Crippen molar-refractivity contribution in [3.05, 3.63) is 40.4 Å². The summed E-state index contributed by atoms with van der Waals surface area (Å²) in [5, 5.41) is 9.34. The molecule has 2 rings (SSSR count). The number of halogens is 1. The summed E-state index contributed by atoms with van der Waals surface area (Å²) in [6.45, 7) is 2.16. The molecule has 5 heteroatoms. The van der Waals surface area contributed by atoms with E-state index in [1.807, 2.05) is 6.07 Å². The maximum absolute atomic E-state index is 11.7. The van der Waals surface area contributed by atoms with Crippen LogP contribution in [0.25, 0.3) is 0 Å². The molecule has 1 aliphatic carbocycles. The summed E-state index contributed by atoms with van der Waals surface area (Å²) < 4.78 is 5.32. The maximum atomic E-state index is 11.7. The Balaban J connectivity index is 0.000000283. The zero-order chi connectivity index (χ0) is 20.8. The van der Waals surface area contributed by atoms with Gasteiger partial charge in [0.15, 0.2) is 5.78 Å². The molecule has 0 saturated heterocycles. The van der Waals surface area contributed by atoms with E-state index in [0.717, 1.165) is 22.9 Å². The molecule has 0 aliphatic heterocycles. The topological polar surface area (TPSA) is 63.6 Å². The molecule has 0 spiro atoms. The Bertz CT molecular complexity index is 633. The molecule has 0 bridgehead atoms. The second-order valence-electron chi connectivity index (χ2n) is 7.14. The number of esters is 1. The number of phenolic OH excluding ortho intramolecular Hbond substituents is 1. The van der Waals surface area contributed by atoms with Crippen molar-refractivity contribution >= 4 is 27.7 Å². The number of hydrogen-bond donors (Lipinski definition) is 1. The molecule has 156 valence electrons. The number of hydrogen-bond acceptors (Lipinski definition) is 4. The van der Waals surface area contributed by atoms with Gasteiger partial charge >= 0.3 is 5.97 Å². The van der Waals surface area contributed by atoms with Gasteiger partial charge in [0.2, 0.25) is 0 Å². The SMILES string of the molecule is CCCCCC(=O)/C(Br)=C/C1CCCC1.COC(=O)CCc1ccccc1O. The van der Waals surface area contributed by atoms with E-state index < -0.39 is 0 Å². The van der Waals surface area contributed by atoms with E-state index in [1.165, 1.54) is 39.2 Å². The van der Waals surface area contributed by atoms with Crippen LogP contribution in [-0.4, -0.2) is 24.0 Å². The van der Waals surface area contributed by atoms with Crippen LogP contribution < -0.4 is 0 Å². The lowest BCUT2D eigenvalue weighted by Gasteiger charge is -2.03. The van der Waals surface area contributed by atoms with E-state index in [1.54, 1.807) is 18.2 Å². The number of benzene rings is 1. The van der Waals surface area contributed by atoms with Crippen molar-refractivity contribution in [3.8, 4) is 5.75 Å². The molecule has 1 N–H and O–H groups in total. The lowest BCUT2D eigenvalue weighted by atomic mass is 10.1. The molecule has 1 aromatic rings. The predicted octanol–water partition coefficient (Wildman–Crippen LogP) is 6.10. The number of ketones is 1. The fraction of sp³-hybridized carbons (Fsp3) is 0.565. The van der Waals surface area contributed by atoms with Crippen LogP contribution in [-0.2, 0) is 20.7 Å². The number of carbonyl (C=O) groups excluding carboxylic acids is 2. The molecule has 1 fully saturated rings. The van der Waals surface area contributed by atoms with Crippen molar-refractivity contribution in [3.63, 3.8) is 0 Å². The van der Waals surface area contributed by atoms with Crippen LogP contribution in [0.15, 0.2) is 34.8 Å². The second kappa shape index (κ2) is 14.4. The summed E-state index contributed by atoms with van der Waals surface area (Å²) in [5.74, 6) is 0.902. The van der Waals surface area contributed by atoms with Crippen molar-refractivity contribution in [2.45, 2.75) is 71.1 Å². The Morgan fingerprint density at radius 3 is 2.46 bits per heavy atom. The Morgan fingerprint density at radius 2 is 1.86 bits per heavy atom. The minimum absolute atomic E-state index is 0.228. The first-order valence-corrected chi connectivity index (χ1v) is 11.0. The normalized spacial score (nSPS) is 14.3. The number of methoxy groups -OCH3 is 1. The largest absolute Gasteiger partial charge is 0.508 e. The standard InChI is InChI=1S/C13H21BrO.C10H12O3/c1-2-3-4-9-13(15)12(14)10-11-7-5-6-8-11;1-13-10(12)7-6-8-4-2-3-5-9(8)11/h10-11H,2-9H2,1H3;2-5,11H,6-7H2,1H3/b12-10-;. The van der Waals surface area contributed by atoms with E-state index in [2.05, 4.69) is 33.7 Å². The fourth-order valence-electron chi connectivity index (χ4n) is 3.14. The number of Topliss-reactive ketones (excluding diaryl/α,β-unsaturated/α-hetero) is 1. The first-order chi connectivity index (χ1) is 13.5. The highest BCUT2D eigenvalue weighted by molar-refractivity contribution is 9.12. The quantitative estimate of drug-likeness (QED) is 0.279. The van der Waals surface area contributed by atoms with Gasteiger partial charge in [0.25, 0.3) is 0 Å². The van der Waals surface area contributed by atoms with Gasteiger partial charge in [-0.25, -0.2) is 0 Å². The molecule has 1 aromatic carbocycles. The van der Waals surface area contributed by atoms with Crippen LogP contribution in [0.3, 0.4) is 0 Å². The third kappa shape index (κ3) is 10.1. The Kier molecular flexibility index (Phi) is 12.5. The van der Waals surface area contributed by atoms with Gasteiger partial charge in [-0.05, 0) is 59.2 Å². The van der Waals surface area contributed by atoms with Gasteiger partial charge in [0.05, 0.1) is 11.6 Å². The first kappa shape index (κ1) is 24.4. The maximum Gasteiger partial charge on any atom is 0.305 e. The summed E-state index contributed by atoms with van der Waals surface area (Å²) in [7, 11) is 1.35. The van der Waals surface area contributed by atoms with E-state index in [4.69, 9.17) is 0 Å². The summed E-state index contributed by atoms with van der Waals surface area (Å²) in [6, 6.07) is 6.97.